The van der Waals surface area contributed by atoms with Crippen LogP contribution in [0.1, 0.15) is 46.8 Å². The van der Waals surface area contributed by atoms with Crippen LogP contribution in [0.3, 0.4) is 0 Å². The molecule has 1 aliphatic heterocycles. The quantitative estimate of drug-likeness (QED) is 0.798. The molecule has 0 aliphatic carbocycles. The highest BCUT2D eigenvalue weighted by atomic mass is 16.5. The molecule has 1 aliphatic rings. The molecule has 0 bridgehead atoms. The highest BCUT2D eigenvalue weighted by molar-refractivity contribution is 5.96. The van der Waals surface area contributed by atoms with Crippen molar-refractivity contribution >= 4 is 11.9 Å². The minimum Gasteiger partial charge on any atom is -0.481 e. The van der Waals surface area contributed by atoms with Gasteiger partial charge >= 0.3 is 5.97 Å². The number of nitrogens with zero attached hydrogens (tertiary/aromatic N) is 3. The van der Waals surface area contributed by atoms with Gasteiger partial charge in [-0.2, -0.15) is 0 Å². The normalized spacial score (nSPS) is 16.6. The third-order valence-corrected chi connectivity index (χ3v) is 4.84. The Morgan fingerprint density at radius 2 is 2.11 bits per heavy atom. The van der Waals surface area contributed by atoms with Crippen molar-refractivity contribution in [1.82, 2.24) is 14.6 Å². The van der Waals surface area contributed by atoms with Gasteiger partial charge in [0.1, 0.15) is 5.76 Å². The van der Waals surface area contributed by atoms with E-state index in [1.54, 1.807) is 4.90 Å². The van der Waals surface area contributed by atoms with Gasteiger partial charge in [0, 0.05) is 37.2 Å². The number of amides is 1. The molecule has 3 rings (SSSR count). The van der Waals surface area contributed by atoms with Crippen LogP contribution in [0.5, 0.6) is 0 Å². The van der Waals surface area contributed by atoms with E-state index in [0.29, 0.717) is 30.3 Å². The van der Waals surface area contributed by atoms with E-state index >= 15 is 0 Å². The van der Waals surface area contributed by atoms with Gasteiger partial charge in [0.15, 0.2) is 5.82 Å². The molecule has 27 heavy (non-hydrogen) atoms. The molecule has 146 valence electrons. The highest BCUT2D eigenvalue weighted by Crippen LogP contribution is 2.23. The van der Waals surface area contributed by atoms with Crippen LogP contribution < -0.4 is 0 Å². The first-order chi connectivity index (χ1) is 12.9. The molecule has 1 fully saturated rings. The van der Waals surface area contributed by atoms with Crippen molar-refractivity contribution in [3.05, 3.63) is 34.8 Å². The molecule has 3 heterocycles. The van der Waals surface area contributed by atoms with Crippen LogP contribution in [-0.4, -0.2) is 57.4 Å². The van der Waals surface area contributed by atoms with Crippen LogP contribution in [0.4, 0.5) is 0 Å². The molecule has 8 nitrogen and oxygen atoms in total. The first-order valence-corrected chi connectivity index (χ1v) is 9.12. The summed E-state index contributed by atoms with van der Waals surface area (Å²) >= 11 is 0. The number of aryl methyl sites for hydroxylation is 2. The number of hydrogen-bond acceptors (Lipinski definition) is 5. The summed E-state index contributed by atoms with van der Waals surface area (Å²) in [5.41, 5.74) is 2.15. The average Bonchev–Trinajstić information content (AvgIpc) is 3.32. The van der Waals surface area contributed by atoms with Gasteiger partial charge in [-0.1, -0.05) is 5.16 Å². The van der Waals surface area contributed by atoms with Crippen LogP contribution in [-0.2, 0) is 9.53 Å². The van der Waals surface area contributed by atoms with Gasteiger partial charge in [-0.3, -0.25) is 14.2 Å². The Kier molecular flexibility index (Phi) is 5.65. The number of carbonyl (C=O) groups excluding carboxylic acids is 1. The molecular weight excluding hydrogens is 350 g/mol. The van der Waals surface area contributed by atoms with Crippen molar-refractivity contribution in [3.8, 4) is 5.82 Å². The summed E-state index contributed by atoms with van der Waals surface area (Å²) < 4.78 is 12.7. The summed E-state index contributed by atoms with van der Waals surface area (Å²) in [6.07, 6.45) is 1.71. The lowest BCUT2D eigenvalue weighted by atomic mass is 10.1. The largest absolute Gasteiger partial charge is 0.481 e. The maximum atomic E-state index is 13.2. The molecule has 2 aromatic heterocycles. The molecule has 1 saturated heterocycles. The van der Waals surface area contributed by atoms with Crippen molar-refractivity contribution in [3.63, 3.8) is 0 Å². The SMILES string of the molecule is Cc1cc(-n2c(C)cc(C(=O)N(CCC(=O)O)C[C@@H]3CCCO3)c2C)no1. The Hall–Kier alpha value is -2.61. The summed E-state index contributed by atoms with van der Waals surface area (Å²) in [6.45, 7) is 6.80. The van der Waals surface area contributed by atoms with E-state index in [2.05, 4.69) is 5.16 Å². The summed E-state index contributed by atoms with van der Waals surface area (Å²) in [5.74, 6) is 0.194. The molecule has 0 radical (unpaired) electrons. The molecule has 0 aromatic carbocycles. The van der Waals surface area contributed by atoms with Gasteiger partial charge in [0.2, 0.25) is 0 Å². The van der Waals surface area contributed by atoms with Gasteiger partial charge in [0.05, 0.1) is 18.1 Å². The molecular formula is C19H25N3O5. The Balaban J connectivity index is 1.87. The molecule has 1 N–H and O–H groups in total. The molecule has 0 unspecified atom stereocenters. The second-order valence-corrected chi connectivity index (χ2v) is 6.95. The van der Waals surface area contributed by atoms with Crippen molar-refractivity contribution in [1.29, 1.82) is 0 Å². The van der Waals surface area contributed by atoms with Gasteiger partial charge in [-0.25, -0.2) is 0 Å². The average molecular weight is 375 g/mol. The lowest BCUT2D eigenvalue weighted by Gasteiger charge is -2.25. The summed E-state index contributed by atoms with van der Waals surface area (Å²) in [4.78, 5) is 25.8. The zero-order valence-electron chi connectivity index (χ0n) is 15.9. The smallest absolute Gasteiger partial charge is 0.305 e. The Morgan fingerprint density at radius 1 is 1.33 bits per heavy atom. The number of ether oxygens (including phenoxy) is 1. The van der Waals surface area contributed by atoms with Gasteiger partial charge in [0.25, 0.3) is 5.91 Å². The summed E-state index contributed by atoms with van der Waals surface area (Å²) in [6, 6.07) is 3.62. The molecule has 1 atom stereocenters. The van der Waals surface area contributed by atoms with E-state index in [1.165, 1.54) is 0 Å². The highest BCUT2D eigenvalue weighted by Gasteiger charge is 2.27. The van der Waals surface area contributed by atoms with Crippen LogP contribution in [0.25, 0.3) is 5.82 Å². The van der Waals surface area contributed by atoms with Crippen LogP contribution in [0.15, 0.2) is 16.7 Å². The number of aromatic nitrogens is 2. The van der Waals surface area contributed by atoms with E-state index in [-0.39, 0.29) is 25.0 Å². The van der Waals surface area contributed by atoms with Crippen LogP contribution in [0, 0.1) is 20.8 Å². The summed E-state index contributed by atoms with van der Waals surface area (Å²) in [7, 11) is 0. The maximum Gasteiger partial charge on any atom is 0.305 e. The van der Waals surface area contributed by atoms with Gasteiger partial charge < -0.3 is 19.3 Å². The van der Waals surface area contributed by atoms with E-state index in [1.807, 2.05) is 37.5 Å². The molecule has 2 aromatic rings. The van der Waals surface area contributed by atoms with Crippen molar-refractivity contribution in [2.45, 2.75) is 46.1 Å². The fourth-order valence-electron chi connectivity index (χ4n) is 3.50. The second-order valence-electron chi connectivity index (χ2n) is 6.95. The Labute approximate surface area is 157 Å². The lowest BCUT2D eigenvalue weighted by molar-refractivity contribution is -0.137. The minimum absolute atomic E-state index is 0.0376. The zero-order chi connectivity index (χ0) is 19.6. The van der Waals surface area contributed by atoms with Crippen molar-refractivity contribution in [2.24, 2.45) is 0 Å². The number of carboxylic acids is 1. The Bertz CT molecular complexity index is 833. The number of carbonyl (C=O) groups is 2. The van der Waals surface area contributed by atoms with E-state index in [9.17, 15) is 9.59 Å². The van der Waals surface area contributed by atoms with Crippen LogP contribution >= 0.6 is 0 Å². The fraction of sp³-hybridized carbons (Fsp3) is 0.526. The van der Waals surface area contributed by atoms with Gasteiger partial charge in [-0.05, 0) is 39.7 Å². The zero-order valence-corrected chi connectivity index (χ0v) is 15.9. The molecule has 1 amide bonds. The predicted molar refractivity (Wildman–Crippen MR) is 97.2 cm³/mol. The topological polar surface area (TPSA) is 97.8 Å². The number of rotatable bonds is 7. The van der Waals surface area contributed by atoms with E-state index < -0.39 is 5.97 Å². The molecule has 0 saturated carbocycles. The number of aliphatic carboxylic acids is 1. The first kappa shape index (κ1) is 19.2. The van der Waals surface area contributed by atoms with E-state index in [4.69, 9.17) is 14.4 Å². The lowest BCUT2D eigenvalue weighted by Crippen LogP contribution is -2.39. The van der Waals surface area contributed by atoms with Crippen LogP contribution in [0.2, 0.25) is 0 Å². The first-order valence-electron chi connectivity index (χ1n) is 9.12. The maximum absolute atomic E-state index is 13.2. The second kappa shape index (κ2) is 7.96. The third kappa shape index (κ3) is 4.21. The predicted octanol–water partition coefficient (Wildman–Crippen LogP) is 2.49. The number of hydrogen-bond donors (Lipinski definition) is 1. The molecule has 0 spiro atoms. The van der Waals surface area contributed by atoms with Crippen molar-refractivity contribution in [2.75, 3.05) is 19.7 Å². The molecule has 8 heteroatoms. The monoisotopic (exact) mass is 375 g/mol. The van der Waals surface area contributed by atoms with Gasteiger partial charge in [-0.15, -0.1) is 0 Å². The van der Waals surface area contributed by atoms with E-state index in [0.717, 1.165) is 24.2 Å². The number of carboxylic acid groups (broad SMARTS) is 1. The minimum atomic E-state index is -0.927. The Morgan fingerprint density at radius 3 is 2.70 bits per heavy atom. The standard InChI is InChI=1S/C19H25N3O5/c1-12-9-16(14(3)22(12)17-10-13(2)27-20-17)19(25)21(7-6-18(23)24)11-15-5-4-8-26-15/h9-10,15H,4-8,11H2,1-3H3,(H,23,24)/t15-/m0/s1. The fourth-order valence-corrected chi connectivity index (χ4v) is 3.50. The van der Waals surface area contributed by atoms with Crippen molar-refractivity contribution < 1.29 is 24.0 Å². The summed E-state index contributed by atoms with van der Waals surface area (Å²) in [5, 5.41) is 13.1. The third-order valence-electron chi connectivity index (χ3n) is 4.84.